The highest BCUT2D eigenvalue weighted by atomic mass is 32.2. The second-order valence-electron chi connectivity index (χ2n) is 4.82. The summed E-state index contributed by atoms with van der Waals surface area (Å²) in [6.07, 6.45) is -15.0. The summed E-state index contributed by atoms with van der Waals surface area (Å²) in [5.74, 6) is -43.1. The molecule has 0 radical (unpaired) electrons. The van der Waals surface area contributed by atoms with Crippen molar-refractivity contribution in [3.8, 4) is 0 Å². The predicted molar refractivity (Wildman–Crippen MR) is 56.3 cm³/mol. The normalized spacial score (nSPS) is 16.4. The molecule has 0 amide bonds. The van der Waals surface area contributed by atoms with E-state index in [4.69, 9.17) is 0 Å². The Balaban J connectivity index is 6.55. The summed E-state index contributed by atoms with van der Waals surface area (Å²) in [5.41, 5.74) is 0. The molecule has 0 spiro atoms. The number of alkyl halides is 15. The van der Waals surface area contributed by atoms with Crippen LogP contribution in [0.2, 0.25) is 0 Å². The third-order valence-electron chi connectivity index (χ3n) is 2.88. The molecule has 0 aromatic carbocycles. The van der Waals surface area contributed by atoms with Gasteiger partial charge in [-0.25, -0.2) is 0 Å². The van der Waals surface area contributed by atoms with E-state index < -0.39 is 57.8 Å². The molecular formula is C9H5F15O3S. The molecule has 0 aromatic rings. The zero-order chi connectivity index (χ0) is 23.4. The Morgan fingerprint density at radius 2 is 0.857 bits per heavy atom. The van der Waals surface area contributed by atoms with Gasteiger partial charge in [-0.2, -0.15) is 78.5 Å². The largest absolute Gasteiger partial charge is 0.460 e. The van der Waals surface area contributed by atoms with Gasteiger partial charge in [0.05, 0.1) is 5.75 Å². The van der Waals surface area contributed by atoms with Gasteiger partial charge in [0.1, 0.15) is 0 Å². The fourth-order valence-corrected chi connectivity index (χ4v) is 1.76. The Labute approximate surface area is 144 Å². The van der Waals surface area contributed by atoms with E-state index in [1.807, 2.05) is 0 Å². The van der Waals surface area contributed by atoms with Gasteiger partial charge in [0, 0.05) is 0 Å². The zero-order valence-corrected chi connectivity index (χ0v) is 13.3. The number of hydrogen-bond donors (Lipinski definition) is 0. The van der Waals surface area contributed by atoms with E-state index in [-0.39, 0.29) is 0 Å². The molecule has 0 N–H and O–H groups in total. The lowest BCUT2D eigenvalue weighted by Crippen LogP contribution is -2.72. The van der Waals surface area contributed by atoms with Crippen LogP contribution >= 0.6 is 0 Å². The standard InChI is InChI=1S/C9H5F15O3S/c1-2-28(25,26)27-9(23,24)7(18,19)5(14,15)3(10,11)4(12,13)6(16,17)8(20,21)22/h2H2,1H3. The summed E-state index contributed by atoms with van der Waals surface area (Å²) in [6, 6.07) is 0. The van der Waals surface area contributed by atoms with Crippen LogP contribution in [0.4, 0.5) is 65.9 Å². The molecule has 0 atom stereocenters. The van der Waals surface area contributed by atoms with E-state index in [2.05, 4.69) is 4.18 Å². The molecule has 0 aliphatic heterocycles. The van der Waals surface area contributed by atoms with Gasteiger partial charge in [0.2, 0.25) is 0 Å². The van der Waals surface area contributed by atoms with Crippen molar-refractivity contribution < 1.29 is 78.5 Å². The Morgan fingerprint density at radius 3 is 1.14 bits per heavy atom. The molecule has 0 rings (SSSR count). The molecule has 0 aromatic heterocycles. The van der Waals surface area contributed by atoms with E-state index >= 15 is 0 Å². The summed E-state index contributed by atoms with van der Waals surface area (Å²) in [5, 5.41) is 0. The minimum atomic E-state index is -8.49. The first-order chi connectivity index (χ1) is 11.8. The van der Waals surface area contributed by atoms with Gasteiger partial charge in [0.25, 0.3) is 10.1 Å². The molecule has 0 aliphatic carbocycles. The van der Waals surface area contributed by atoms with E-state index in [1.54, 1.807) is 0 Å². The minimum Gasteiger partial charge on any atom is -0.199 e. The van der Waals surface area contributed by atoms with Gasteiger partial charge in [0.15, 0.2) is 0 Å². The zero-order valence-electron chi connectivity index (χ0n) is 12.5. The fourth-order valence-electron chi connectivity index (χ4n) is 1.22. The molecule has 0 bridgehead atoms. The molecule has 0 fully saturated rings. The Hall–Kier alpha value is -1.14. The van der Waals surface area contributed by atoms with E-state index in [0.29, 0.717) is 6.92 Å². The van der Waals surface area contributed by atoms with Gasteiger partial charge in [-0.05, 0) is 6.92 Å². The van der Waals surface area contributed by atoms with E-state index in [1.165, 1.54) is 0 Å². The maximum absolute atomic E-state index is 13.1. The molecule has 19 heteroatoms. The van der Waals surface area contributed by atoms with Crippen molar-refractivity contribution in [1.29, 1.82) is 0 Å². The van der Waals surface area contributed by atoms with Crippen molar-refractivity contribution in [2.75, 3.05) is 5.75 Å². The number of halogens is 15. The van der Waals surface area contributed by atoms with Crippen molar-refractivity contribution in [3.63, 3.8) is 0 Å². The van der Waals surface area contributed by atoms with Crippen LogP contribution in [0, 0.1) is 0 Å². The Kier molecular flexibility index (Phi) is 6.42. The average molecular weight is 478 g/mol. The summed E-state index contributed by atoms with van der Waals surface area (Å²) < 4.78 is 214. The Morgan fingerprint density at radius 1 is 0.571 bits per heavy atom. The van der Waals surface area contributed by atoms with E-state index in [9.17, 15) is 74.3 Å². The maximum Gasteiger partial charge on any atom is 0.460 e. The van der Waals surface area contributed by atoms with Crippen LogP contribution in [0.25, 0.3) is 0 Å². The summed E-state index contributed by atoms with van der Waals surface area (Å²) in [6.45, 7) is 0.369. The molecule has 0 aliphatic rings. The van der Waals surface area contributed by atoms with Crippen molar-refractivity contribution in [2.45, 2.75) is 48.8 Å². The highest BCUT2D eigenvalue weighted by Gasteiger charge is 2.94. The van der Waals surface area contributed by atoms with Crippen LogP contribution in [0.15, 0.2) is 0 Å². The molecular weight excluding hydrogens is 473 g/mol. The number of rotatable bonds is 8. The smallest absolute Gasteiger partial charge is 0.199 e. The quantitative estimate of drug-likeness (QED) is 0.376. The maximum atomic E-state index is 13.1. The van der Waals surface area contributed by atoms with Crippen molar-refractivity contribution >= 4 is 10.1 Å². The van der Waals surface area contributed by atoms with Crippen LogP contribution in [0.3, 0.4) is 0 Å². The van der Waals surface area contributed by atoms with Gasteiger partial charge < -0.3 is 0 Å². The molecule has 170 valence electrons. The highest BCUT2D eigenvalue weighted by molar-refractivity contribution is 7.86. The predicted octanol–water partition coefficient (Wildman–Crippen LogP) is 4.68. The molecule has 3 nitrogen and oxygen atoms in total. The summed E-state index contributed by atoms with van der Waals surface area (Å²) >= 11 is 0. The van der Waals surface area contributed by atoms with Gasteiger partial charge >= 0.3 is 41.9 Å². The second-order valence-corrected chi connectivity index (χ2v) is 6.68. The topological polar surface area (TPSA) is 43.4 Å². The molecule has 0 saturated heterocycles. The van der Waals surface area contributed by atoms with Crippen LogP contribution in [-0.2, 0) is 14.3 Å². The SMILES string of the molecule is CCS(=O)(=O)OC(F)(F)C(F)(F)C(F)(F)C(F)(F)C(F)(F)C(F)(F)C(F)(F)F. The third kappa shape index (κ3) is 3.70. The van der Waals surface area contributed by atoms with Crippen LogP contribution in [-0.4, -0.2) is 56.1 Å². The molecule has 0 heterocycles. The van der Waals surface area contributed by atoms with Crippen LogP contribution in [0.1, 0.15) is 6.92 Å². The molecule has 0 saturated carbocycles. The first kappa shape index (κ1) is 26.9. The van der Waals surface area contributed by atoms with Crippen LogP contribution < -0.4 is 0 Å². The average Bonchev–Trinajstić information content (AvgIpc) is 2.43. The van der Waals surface area contributed by atoms with Gasteiger partial charge in [-0.3, -0.25) is 0 Å². The monoisotopic (exact) mass is 478 g/mol. The third-order valence-corrected chi connectivity index (χ3v) is 4.05. The first-order valence-electron chi connectivity index (χ1n) is 6.03. The van der Waals surface area contributed by atoms with Crippen LogP contribution in [0.5, 0.6) is 0 Å². The van der Waals surface area contributed by atoms with Crippen molar-refractivity contribution in [2.24, 2.45) is 0 Å². The minimum absolute atomic E-state index is 0.369. The fraction of sp³-hybridized carbons (Fsp3) is 1.00. The Bertz CT molecular complexity index is 677. The van der Waals surface area contributed by atoms with Crippen molar-refractivity contribution in [3.05, 3.63) is 0 Å². The van der Waals surface area contributed by atoms with E-state index in [0.717, 1.165) is 0 Å². The number of hydrogen-bond acceptors (Lipinski definition) is 3. The lowest BCUT2D eigenvalue weighted by Gasteiger charge is -2.40. The second kappa shape index (κ2) is 6.69. The lowest BCUT2D eigenvalue weighted by atomic mass is 9.93. The molecule has 28 heavy (non-hydrogen) atoms. The van der Waals surface area contributed by atoms with Gasteiger partial charge in [-0.1, -0.05) is 0 Å². The van der Waals surface area contributed by atoms with Gasteiger partial charge in [-0.15, -0.1) is 0 Å². The summed E-state index contributed by atoms with van der Waals surface area (Å²) in [7, 11) is -5.88. The summed E-state index contributed by atoms with van der Waals surface area (Å²) in [4.78, 5) is 0. The first-order valence-corrected chi connectivity index (χ1v) is 7.61. The van der Waals surface area contributed by atoms with Crippen molar-refractivity contribution in [1.82, 2.24) is 0 Å². The highest BCUT2D eigenvalue weighted by Crippen LogP contribution is 2.62. The molecule has 0 unspecified atom stereocenters. The lowest BCUT2D eigenvalue weighted by molar-refractivity contribution is -0.464.